The highest BCUT2D eigenvalue weighted by atomic mass is 35.5. The fourth-order valence-corrected chi connectivity index (χ4v) is 9.87. The molecule has 4 aromatic rings. The highest BCUT2D eigenvalue weighted by Crippen LogP contribution is 2.44. The number of piperazine rings is 1. The summed E-state index contributed by atoms with van der Waals surface area (Å²) in [6.07, 6.45) is 7.42. The van der Waals surface area contributed by atoms with E-state index < -0.39 is 0 Å². The van der Waals surface area contributed by atoms with Crippen molar-refractivity contribution in [1.29, 1.82) is 0 Å². The molecule has 14 heteroatoms. The third-order valence-corrected chi connectivity index (χ3v) is 12.7. The van der Waals surface area contributed by atoms with Crippen molar-refractivity contribution in [2.45, 2.75) is 56.8 Å². The zero-order valence-corrected chi connectivity index (χ0v) is 30.6. The van der Waals surface area contributed by atoms with Crippen molar-refractivity contribution >= 4 is 69.4 Å². The number of aryl methyl sites for hydroxylation is 1. The highest BCUT2D eigenvalue weighted by Gasteiger charge is 2.31. The molecule has 4 aliphatic rings. The predicted octanol–water partition coefficient (Wildman–Crippen LogP) is 5.84. The van der Waals surface area contributed by atoms with Crippen LogP contribution in [0.25, 0.3) is 0 Å². The fraction of sp³-hybridized carbons (Fsp3) is 0.529. The third-order valence-electron chi connectivity index (χ3n) is 9.92. The summed E-state index contributed by atoms with van der Waals surface area (Å²) in [4.78, 5) is 28.2. The molecule has 48 heavy (non-hydrogen) atoms. The molecule has 2 saturated heterocycles. The largest absolute Gasteiger partial charge is 0.368 e. The maximum absolute atomic E-state index is 6.19. The number of likely N-dealkylation sites (N-methyl/N-ethyl adjacent to an activating group) is 1. The number of aromatic nitrogens is 4. The third kappa shape index (κ3) is 7.53. The molecular formula is C34H44Cl2N10S2. The van der Waals surface area contributed by atoms with E-state index in [0.29, 0.717) is 23.7 Å². The number of nitrogens with zero attached hydrogens (tertiary/aromatic N) is 7. The van der Waals surface area contributed by atoms with Crippen molar-refractivity contribution in [2.24, 2.45) is 0 Å². The van der Waals surface area contributed by atoms with Gasteiger partial charge in [-0.2, -0.15) is 9.97 Å². The van der Waals surface area contributed by atoms with Crippen LogP contribution in [-0.4, -0.2) is 84.2 Å². The molecule has 256 valence electrons. The number of nitrogen functional groups attached to an aromatic ring is 2. The summed E-state index contributed by atoms with van der Waals surface area (Å²) in [6.45, 7) is 8.14. The van der Waals surface area contributed by atoms with Gasteiger partial charge in [0, 0.05) is 72.6 Å². The second-order valence-electron chi connectivity index (χ2n) is 13.1. The maximum atomic E-state index is 6.19. The summed E-state index contributed by atoms with van der Waals surface area (Å²) in [6, 6.07) is 8.27. The van der Waals surface area contributed by atoms with Crippen molar-refractivity contribution in [3.05, 3.63) is 65.2 Å². The summed E-state index contributed by atoms with van der Waals surface area (Å²) in [5, 5.41) is 3.46. The Hall–Kier alpha value is -2.74. The second kappa shape index (κ2) is 15.0. The first-order valence-corrected chi connectivity index (χ1v) is 19.4. The number of halogens is 2. The van der Waals surface area contributed by atoms with Crippen LogP contribution in [0.5, 0.6) is 0 Å². The molecule has 0 amide bonds. The zero-order chi connectivity index (χ0) is 33.2. The Labute approximate surface area is 300 Å². The molecule has 2 fully saturated rings. The van der Waals surface area contributed by atoms with E-state index in [2.05, 4.69) is 59.1 Å². The molecule has 0 aromatic carbocycles. The van der Waals surface area contributed by atoms with E-state index in [1.54, 1.807) is 22.7 Å². The Morgan fingerprint density at radius 2 is 1.42 bits per heavy atom. The smallest absolute Gasteiger partial charge is 0.222 e. The Morgan fingerprint density at radius 1 is 0.729 bits per heavy atom. The molecule has 0 bridgehead atoms. The van der Waals surface area contributed by atoms with Crippen molar-refractivity contribution in [3.8, 4) is 0 Å². The lowest BCUT2D eigenvalue weighted by molar-refractivity contribution is 0.311. The monoisotopic (exact) mass is 726 g/mol. The number of rotatable bonds is 4. The fourth-order valence-electron chi connectivity index (χ4n) is 7.47. The summed E-state index contributed by atoms with van der Waals surface area (Å²) in [7, 11) is 2.16. The van der Waals surface area contributed by atoms with E-state index in [4.69, 9.17) is 34.7 Å². The molecule has 2 aliphatic carbocycles. The molecule has 8 rings (SSSR count). The first-order chi connectivity index (χ1) is 23.3. The van der Waals surface area contributed by atoms with Gasteiger partial charge in [-0.1, -0.05) is 23.2 Å². The quantitative estimate of drug-likeness (QED) is 0.236. The van der Waals surface area contributed by atoms with Crippen molar-refractivity contribution in [1.82, 2.24) is 30.2 Å². The Balaban J connectivity index is 0.000000152. The predicted molar refractivity (Wildman–Crippen MR) is 201 cm³/mol. The number of fused-ring (bicyclic) bond motifs is 2. The van der Waals surface area contributed by atoms with Crippen LogP contribution < -0.4 is 26.6 Å². The molecule has 4 aromatic heterocycles. The Kier molecular flexibility index (Phi) is 10.6. The van der Waals surface area contributed by atoms with Crippen LogP contribution >= 0.6 is 45.9 Å². The van der Waals surface area contributed by atoms with Crippen LogP contribution in [0.4, 0.5) is 23.5 Å². The van der Waals surface area contributed by atoms with Crippen molar-refractivity contribution in [3.63, 3.8) is 0 Å². The first-order valence-electron chi connectivity index (χ1n) is 17.0. The molecule has 2 atom stereocenters. The minimum absolute atomic E-state index is 0.332. The van der Waals surface area contributed by atoms with Gasteiger partial charge in [0.25, 0.3) is 0 Å². The van der Waals surface area contributed by atoms with Crippen molar-refractivity contribution in [2.75, 3.05) is 80.7 Å². The number of nitrogens with two attached hydrogens (primary N) is 2. The first kappa shape index (κ1) is 33.7. The summed E-state index contributed by atoms with van der Waals surface area (Å²) < 4.78 is 1.70. The van der Waals surface area contributed by atoms with Crippen molar-refractivity contribution < 1.29 is 0 Å². The molecule has 5 N–H and O–H groups in total. The van der Waals surface area contributed by atoms with Gasteiger partial charge in [0.2, 0.25) is 11.9 Å². The van der Waals surface area contributed by atoms with Gasteiger partial charge in [0.15, 0.2) is 0 Å². The SMILES string of the molecule is CN1CCN(c2nc(N)nc3c2CCC(c2ccc(Cl)s2)C3)CC1.Nc1nc2c(c(N3CCCNCC3)n1)C(c1ccc(Cl)s1)CCC2. The van der Waals surface area contributed by atoms with Crippen LogP contribution in [-0.2, 0) is 19.3 Å². The molecular weight excluding hydrogens is 683 g/mol. The Bertz CT molecular complexity index is 1710. The van der Waals surface area contributed by atoms with Gasteiger partial charge in [0.05, 0.1) is 20.1 Å². The molecule has 0 saturated carbocycles. The van der Waals surface area contributed by atoms with Gasteiger partial charge < -0.3 is 31.5 Å². The summed E-state index contributed by atoms with van der Waals surface area (Å²) >= 11 is 15.6. The molecule has 2 aliphatic heterocycles. The lowest BCUT2D eigenvalue weighted by Gasteiger charge is -2.35. The van der Waals surface area contributed by atoms with Gasteiger partial charge in [-0.05, 0) is 88.7 Å². The number of anilines is 4. The molecule has 0 spiro atoms. The lowest BCUT2D eigenvalue weighted by Crippen LogP contribution is -2.45. The molecule has 10 nitrogen and oxygen atoms in total. The summed E-state index contributed by atoms with van der Waals surface area (Å²) in [5.41, 5.74) is 16.9. The number of hydrogen-bond acceptors (Lipinski definition) is 12. The number of thiophene rings is 2. The molecule has 0 radical (unpaired) electrons. The van der Waals surface area contributed by atoms with E-state index in [1.165, 1.54) is 20.9 Å². The second-order valence-corrected chi connectivity index (χ2v) is 16.6. The van der Waals surface area contributed by atoms with E-state index in [9.17, 15) is 0 Å². The van der Waals surface area contributed by atoms with Crippen LogP contribution in [0.1, 0.15) is 69.8 Å². The standard InChI is InChI=1S/2C17H22ClN5S/c1-22-6-8-23(9-7-22)16-12-3-2-11(14-4-5-15(18)24-14)10-13(12)20-17(19)21-16;18-14-6-5-13(24-14)11-3-1-4-12-15(11)16(22-17(19)21-12)23-9-2-7-20-8-10-23/h4-5,11H,2-3,6-10H2,1H3,(H2,19,20,21);5-6,11,20H,1-4,7-10H2,(H2,19,21,22). The summed E-state index contributed by atoms with van der Waals surface area (Å²) in [5.74, 6) is 3.71. The maximum Gasteiger partial charge on any atom is 0.222 e. The van der Waals surface area contributed by atoms with E-state index in [-0.39, 0.29) is 0 Å². The van der Waals surface area contributed by atoms with E-state index in [0.717, 1.165) is 129 Å². The number of nitrogens with one attached hydrogen (secondary N) is 1. The van der Waals surface area contributed by atoms with E-state index in [1.807, 2.05) is 12.1 Å². The lowest BCUT2D eigenvalue weighted by atomic mass is 9.84. The molecule has 6 heterocycles. The Morgan fingerprint density at radius 3 is 2.15 bits per heavy atom. The highest BCUT2D eigenvalue weighted by molar-refractivity contribution is 7.16. The van der Waals surface area contributed by atoms with Gasteiger partial charge >= 0.3 is 0 Å². The van der Waals surface area contributed by atoms with Gasteiger partial charge in [-0.25, -0.2) is 9.97 Å². The minimum atomic E-state index is 0.332. The minimum Gasteiger partial charge on any atom is -0.368 e. The zero-order valence-electron chi connectivity index (χ0n) is 27.4. The average Bonchev–Trinajstić information content (AvgIpc) is 3.62. The van der Waals surface area contributed by atoms with E-state index >= 15 is 0 Å². The average molecular weight is 728 g/mol. The number of hydrogen-bond donors (Lipinski definition) is 3. The molecule has 2 unspecified atom stereocenters. The van der Waals surface area contributed by atoms with Crippen LogP contribution in [0.2, 0.25) is 8.67 Å². The van der Waals surface area contributed by atoms with Crippen LogP contribution in [0.3, 0.4) is 0 Å². The van der Waals surface area contributed by atoms with Gasteiger partial charge in [-0.3, -0.25) is 0 Å². The van der Waals surface area contributed by atoms with Gasteiger partial charge in [-0.15, -0.1) is 22.7 Å². The van der Waals surface area contributed by atoms with Crippen LogP contribution in [0.15, 0.2) is 24.3 Å². The van der Waals surface area contributed by atoms with Gasteiger partial charge in [0.1, 0.15) is 11.6 Å². The normalized spacial score (nSPS) is 21.6. The van der Waals surface area contributed by atoms with Crippen LogP contribution in [0, 0.1) is 0 Å². The topological polar surface area (TPSA) is 125 Å².